The second kappa shape index (κ2) is 9.62. The number of nitrogens with one attached hydrogen (secondary N) is 2. The number of ether oxygens (including phenoxy) is 2. The Labute approximate surface area is 168 Å². The number of rotatable bonds is 6. The summed E-state index contributed by atoms with van der Waals surface area (Å²) < 4.78 is 11.4. The molecular formula is C19H30IN3O2. The fourth-order valence-corrected chi connectivity index (χ4v) is 3.68. The van der Waals surface area contributed by atoms with Crippen LogP contribution in [-0.4, -0.2) is 44.4 Å². The van der Waals surface area contributed by atoms with Gasteiger partial charge in [0, 0.05) is 13.1 Å². The molecule has 2 bridgehead atoms. The molecule has 25 heavy (non-hydrogen) atoms. The maximum absolute atomic E-state index is 5.92. The SMILES string of the molecule is CCNC(=NCCc1cc(C)ccc1OC)NC1CC2CCC1O2.I. The molecule has 0 amide bonds. The van der Waals surface area contributed by atoms with Gasteiger partial charge in [0.2, 0.25) is 0 Å². The van der Waals surface area contributed by atoms with Crippen LogP contribution in [0, 0.1) is 6.92 Å². The van der Waals surface area contributed by atoms with Crippen LogP contribution in [0.3, 0.4) is 0 Å². The molecule has 6 heteroatoms. The summed E-state index contributed by atoms with van der Waals surface area (Å²) in [6, 6.07) is 6.69. The Kier molecular flexibility index (Phi) is 7.81. The lowest BCUT2D eigenvalue weighted by Gasteiger charge is -2.22. The van der Waals surface area contributed by atoms with Crippen LogP contribution in [0.15, 0.2) is 23.2 Å². The average Bonchev–Trinajstić information content (AvgIpc) is 3.18. The number of fused-ring (bicyclic) bond motifs is 2. The van der Waals surface area contributed by atoms with Crippen molar-refractivity contribution < 1.29 is 9.47 Å². The number of guanidine groups is 1. The Morgan fingerprint density at radius 3 is 2.84 bits per heavy atom. The van der Waals surface area contributed by atoms with E-state index in [-0.39, 0.29) is 24.0 Å². The van der Waals surface area contributed by atoms with Gasteiger partial charge >= 0.3 is 0 Å². The van der Waals surface area contributed by atoms with Crippen molar-refractivity contribution in [2.75, 3.05) is 20.2 Å². The van der Waals surface area contributed by atoms with Crippen LogP contribution in [0.4, 0.5) is 0 Å². The average molecular weight is 459 g/mol. The van der Waals surface area contributed by atoms with E-state index >= 15 is 0 Å². The molecule has 0 aromatic heterocycles. The molecule has 0 spiro atoms. The highest BCUT2D eigenvalue weighted by Gasteiger charge is 2.41. The van der Waals surface area contributed by atoms with Crippen LogP contribution in [0.25, 0.3) is 0 Å². The number of aliphatic imine (C=N–C) groups is 1. The van der Waals surface area contributed by atoms with Crippen molar-refractivity contribution in [2.45, 2.75) is 57.8 Å². The van der Waals surface area contributed by atoms with Gasteiger partial charge in [-0.25, -0.2) is 0 Å². The van der Waals surface area contributed by atoms with Crippen molar-refractivity contribution in [3.8, 4) is 5.75 Å². The summed E-state index contributed by atoms with van der Waals surface area (Å²) in [5.74, 6) is 1.83. The van der Waals surface area contributed by atoms with Crippen LogP contribution in [0.1, 0.15) is 37.3 Å². The Bertz CT molecular complexity index is 594. The summed E-state index contributed by atoms with van der Waals surface area (Å²) in [6.07, 6.45) is 5.16. The predicted molar refractivity (Wildman–Crippen MR) is 112 cm³/mol. The Balaban J connectivity index is 0.00000225. The van der Waals surface area contributed by atoms with E-state index in [1.54, 1.807) is 7.11 Å². The highest BCUT2D eigenvalue weighted by atomic mass is 127. The molecule has 0 saturated carbocycles. The van der Waals surface area contributed by atoms with E-state index in [4.69, 9.17) is 14.5 Å². The van der Waals surface area contributed by atoms with Gasteiger partial charge in [0.05, 0.1) is 25.4 Å². The zero-order valence-electron chi connectivity index (χ0n) is 15.4. The lowest BCUT2D eigenvalue weighted by molar-refractivity contribution is 0.0992. The molecule has 1 aromatic rings. The fourth-order valence-electron chi connectivity index (χ4n) is 3.68. The van der Waals surface area contributed by atoms with Gasteiger partial charge < -0.3 is 20.1 Å². The zero-order valence-corrected chi connectivity index (χ0v) is 17.7. The number of benzene rings is 1. The van der Waals surface area contributed by atoms with Gasteiger partial charge in [-0.15, -0.1) is 24.0 Å². The number of methoxy groups -OCH3 is 1. The number of aryl methyl sites for hydroxylation is 1. The van der Waals surface area contributed by atoms with Gasteiger partial charge in [-0.2, -0.15) is 0 Å². The Morgan fingerprint density at radius 2 is 2.20 bits per heavy atom. The third-order valence-electron chi connectivity index (χ3n) is 4.86. The molecule has 5 nitrogen and oxygen atoms in total. The first-order valence-electron chi connectivity index (χ1n) is 9.03. The highest BCUT2D eigenvalue weighted by molar-refractivity contribution is 14.0. The molecule has 3 unspecified atom stereocenters. The Hall–Kier alpha value is -1.02. The summed E-state index contributed by atoms with van der Waals surface area (Å²) in [5, 5.41) is 6.90. The minimum absolute atomic E-state index is 0. The number of halogens is 1. The van der Waals surface area contributed by atoms with Gasteiger partial charge in [-0.05, 0) is 51.2 Å². The second-order valence-electron chi connectivity index (χ2n) is 6.69. The highest BCUT2D eigenvalue weighted by Crippen LogP contribution is 2.34. The normalized spacial score (nSPS) is 24.8. The van der Waals surface area contributed by atoms with E-state index in [0.29, 0.717) is 18.2 Å². The van der Waals surface area contributed by atoms with Crippen molar-refractivity contribution in [3.05, 3.63) is 29.3 Å². The minimum Gasteiger partial charge on any atom is -0.496 e. The number of hydrogen-bond donors (Lipinski definition) is 2. The molecule has 0 radical (unpaired) electrons. The van der Waals surface area contributed by atoms with Crippen molar-refractivity contribution in [1.29, 1.82) is 0 Å². The lowest BCUT2D eigenvalue weighted by atomic mass is 9.96. The van der Waals surface area contributed by atoms with Crippen molar-refractivity contribution in [2.24, 2.45) is 4.99 Å². The van der Waals surface area contributed by atoms with E-state index in [2.05, 4.69) is 36.6 Å². The largest absolute Gasteiger partial charge is 0.496 e. The summed E-state index contributed by atoms with van der Waals surface area (Å²) in [6.45, 7) is 5.79. The topological polar surface area (TPSA) is 54.9 Å². The van der Waals surface area contributed by atoms with Crippen LogP contribution in [0.2, 0.25) is 0 Å². The van der Waals surface area contributed by atoms with E-state index in [0.717, 1.165) is 37.6 Å². The van der Waals surface area contributed by atoms with Gasteiger partial charge in [0.1, 0.15) is 5.75 Å². The number of hydrogen-bond acceptors (Lipinski definition) is 3. The first-order valence-corrected chi connectivity index (χ1v) is 9.03. The van der Waals surface area contributed by atoms with E-state index in [1.807, 2.05) is 6.07 Å². The van der Waals surface area contributed by atoms with Crippen LogP contribution in [-0.2, 0) is 11.2 Å². The predicted octanol–water partition coefficient (Wildman–Crippen LogP) is 3.04. The third kappa shape index (κ3) is 5.23. The summed E-state index contributed by atoms with van der Waals surface area (Å²) in [5.41, 5.74) is 2.46. The van der Waals surface area contributed by atoms with Crippen molar-refractivity contribution in [1.82, 2.24) is 10.6 Å². The maximum atomic E-state index is 5.92. The Morgan fingerprint density at radius 1 is 1.36 bits per heavy atom. The van der Waals surface area contributed by atoms with Crippen molar-refractivity contribution >= 4 is 29.9 Å². The van der Waals surface area contributed by atoms with E-state index in [9.17, 15) is 0 Å². The van der Waals surface area contributed by atoms with Crippen LogP contribution < -0.4 is 15.4 Å². The van der Waals surface area contributed by atoms with Gasteiger partial charge in [0.25, 0.3) is 0 Å². The molecule has 2 fully saturated rings. The first kappa shape index (κ1) is 20.3. The summed E-state index contributed by atoms with van der Waals surface area (Å²) in [4.78, 5) is 4.74. The molecular weight excluding hydrogens is 429 g/mol. The molecule has 2 aliphatic rings. The van der Waals surface area contributed by atoms with E-state index < -0.39 is 0 Å². The third-order valence-corrected chi connectivity index (χ3v) is 4.86. The fraction of sp³-hybridized carbons (Fsp3) is 0.632. The van der Waals surface area contributed by atoms with Crippen LogP contribution in [0.5, 0.6) is 5.75 Å². The maximum Gasteiger partial charge on any atom is 0.191 e. The monoisotopic (exact) mass is 459 g/mol. The quantitative estimate of drug-likeness (QED) is 0.390. The molecule has 1 aromatic carbocycles. The second-order valence-corrected chi connectivity index (χ2v) is 6.69. The zero-order chi connectivity index (χ0) is 16.9. The van der Waals surface area contributed by atoms with Gasteiger partial charge in [0.15, 0.2) is 5.96 Å². The molecule has 0 aliphatic carbocycles. The lowest BCUT2D eigenvalue weighted by Crippen LogP contribution is -2.47. The van der Waals surface area contributed by atoms with E-state index in [1.165, 1.54) is 24.0 Å². The minimum atomic E-state index is 0. The summed E-state index contributed by atoms with van der Waals surface area (Å²) in [7, 11) is 1.72. The molecule has 2 aliphatic heterocycles. The molecule has 3 rings (SSSR count). The summed E-state index contributed by atoms with van der Waals surface area (Å²) >= 11 is 0. The number of nitrogens with zero attached hydrogens (tertiary/aromatic N) is 1. The molecule has 2 heterocycles. The molecule has 2 saturated heterocycles. The van der Waals surface area contributed by atoms with Crippen LogP contribution >= 0.6 is 24.0 Å². The van der Waals surface area contributed by atoms with Gasteiger partial charge in [-0.1, -0.05) is 17.7 Å². The molecule has 2 N–H and O–H groups in total. The standard InChI is InChI=1S/C19H29N3O2.HI/c1-4-20-19(22-16-12-15-6-8-18(16)24-15)21-10-9-14-11-13(2)5-7-17(14)23-3;/h5,7,11,15-16,18H,4,6,8-10,12H2,1-3H3,(H2,20,21,22);1H. The first-order chi connectivity index (χ1) is 11.7. The van der Waals surface area contributed by atoms with Crippen molar-refractivity contribution in [3.63, 3.8) is 0 Å². The van der Waals surface area contributed by atoms with Gasteiger partial charge in [-0.3, -0.25) is 4.99 Å². The smallest absolute Gasteiger partial charge is 0.191 e. The molecule has 140 valence electrons. The molecule has 3 atom stereocenters.